The van der Waals surface area contributed by atoms with Crippen molar-refractivity contribution in [3.8, 4) is 11.6 Å². The van der Waals surface area contributed by atoms with Gasteiger partial charge in [0.2, 0.25) is 5.88 Å². The Morgan fingerprint density at radius 1 is 1.10 bits per heavy atom. The van der Waals surface area contributed by atoms with Crippen molar-refractivity contribution in [1.82, 2.24) is 15.5 Å². The second-order valence-electron chi connectivity index (χ2n) is 3.96. The number of para-hydroxylation sites is 1. The molecule has 0 bridgehead atoms. The first kappa shape index (κ1) is 13.8. The summed E-state index contributed by atoms with van der Waals surface area (Å²) in [5.74, 6) is 0.797. The molecule has 1 aromatic carbocycles. The van der Waals surface area contributed by atoms with E-state index in [4.69, 9.17) is 9.47 Å². The molecule has 0 aliphatic carbocycles. The van der Waals surface area contributed by atoms with Gasteiger partial charge in [0.15, 0.2) is 5.69 Å². The second-order valence-corrected chi connectivity index (χ2v) is 3.96. The third-order valence-corrected chi connectivity index (χ3v) is 2.71. The van der Waals surface area contributed by atoms with Crippen LogP contribution in [0, 0.1) is 0 Å². The number of hydrogen-bond acceptors (Lipinski definition) is 5. The number of amides is 1. The first-order valence-electron chi connectivity index (χ1n) is 6.02. The van der Waals surface area contributed by atoms with Crippen molar-refractivity contribution in [2.24, 2.45) is 0 Å². The fraction of sp³-hybridized carbons (Fsp3) is 0.214. The van der Waals surface area contributed by atoms with Gasteiger partial charge in [-0.25, -0.2) is 0 Å². The number of aromatic nitrogens is 2. The topological polar surface area (TPSA) is 73.3 Å². The Morgan fingerprint density at radius 2 is 1.90 bits per heavy atom. The largest absolute Gasteiger partial charge is 0.496 e. The summed E-state index contributed by atoms with van der Waals surface area (Å²) in [6.45, 7) is 0.358. The Labute approximate surface area is 116 Å². The molecule has 1 amide bonds. The van der Waals surface area contributed by atoms with Crippen LogP contribution in [0.25, 0.3) is 0 Å². The molecule has 0 unspecified atom stereocenters. The lowest BCUT2D eigenvalue weighted by Crippen LogP contribution is -2.24. The summed E-state index contributed by atoms with van der Waals surface area (Å²) in [6, 6.07) is 10.6. The molecule has 6 nitrogen and oxygen atoms in total. The van der Waals surface area contributed by atoms with Crippen LogP contribution in [0.5, 0.6) is 11.6 Å². The first-order chi connectivity index (χ1) is 9.74. The number of carbonyl (C=O) groups is 1. The highest BCUT2D eigenvalue weighted by atomic mass is 16.5. The minimum Gasteiger partial charge on any atom is -0.496 e. The highest BCUT2D eigenvalue weighted by Gasteiger charge is 2.09. The Hall–Kier alpha value is -2.63. The van der Waals surface area contributed by atoms with Crippen LogP contribution in [0.3, 0.4) is 0 Å². The van der Waals surface area contributed by atoms with Gasteiger partial charge < -0.3 is 14.8 Å². The van der Waals surface area contributed by atoms with Gasteiger partial charge in [0.25, 0.3) is 5.91 Å². The predicted octanol–water partition coefficient (Wildman–Crippen LogP) is 1.42. The third kappa shape index (κ3) is 3.23. The lowest BCUT2D eigenvalue weighted by molar-refractivity contribution is 0.0944. The molecule has 0 saturated heterocycles. The second kappa shape index (κ2) is 6.51. The molecular weight excluding hydrogens is 258 g/mol. The molecule has 2 aromatic rings. The molecule has 6 heteroatoms. The smallest absolute Gasteiger partial charge is 0.272 e. The molecular formula is C14H15N3O3. The maximum absolute atomic E-state index is 11.9. The Morgan fingerprint density at radius 3 is 2.55 bits per heavy atom. The average molecular weight is 273 g/mol. The molecule has 0 radical (unpaired) electrons. The molecule has 2 rings (SSSR count). The molecule has 20 heavy (non-hydrogen) atoms. The van der Waals surface area contributed by atoms with Gasteiger partial charge in [0, 0.05) is 18.2 Å². The van der Waals surface area contributed by atoms with Crippen molar-refractivity contribution in [3.63, 3.8) is 0 Å². The van der Waals surface area contributed by atoms with E-state index >= 15 is 0 Å². The summed E-state index contributed by atoms with van der Waals surface area (Å²) < 4.78 is 10.1. The maximum Gasteiger partial charge on any atom is 0.272 e. The summed E-state index contributed by atoms with van der Waals surface area (Å²) in [4.78, 5) is 11.9. The SMILES string of the molecule is COc1ccc(C(=O)NCc2ccccc2OC)nn1. The van der Waals surface area contributed by atoms with Gasteiger partial charge in [-0.1, -0.05) is 18.2 Å². The fourth-order valence-electron chi connectivity index (χ4n) is 1.67. The van der Waals surface area contributed by atoms with E-state index in [0.717, 1.165) is 11.3 Å². The number of rotatable bonds is 5. The van der Waals surface area contributed by atoms with Crippen LogP contribution >= 0.6 is 0 Å². The summed E-state index contributed by atoms with van der Waals surface area (Å²) in [7, 11) is 3.08. The van der Waals surface area contributed by atoms with Crippen molar-refractivity contribution >= 4 is 5.91 Å². The minimum absolute atomic E-state index is 0.237. The zero-order valence-corrected chi connectivity index (χ0v) is 11.3. The van der Waals surface area contributed by atoms with Crippen LogP contribution in [-0.2, 0) is 6.54 Å². The summed E-state index contributed by atoms with van der Waals surface area (Å²) in [5.41, 5.74) is 1.13. The summed E-state index contributed by atoms with van der Waals surface area (Å²) in [6.07, 6.45) is 0. The highest BCUT2D eigenvalue weighted by molar-refractivity contribution is 5.92. The van der Waals surface area contributed by atoms with E-state index in [0.29, 0.717) is 12.4 Å². The van der Waals surface area contributed by atoms with Crippen molar-refractivity contribution in [1.29, 1.82) is 0 Å². The Balaban J connectivity index is 2.01. The van der Waals surface area contributed by atoms with E-state index in [2.05, 4.69) is 15.5 Å². The normalized spacial score (nSPS) is 9.90. The molecule has 0 atom stereocenters. The standard InChI is InChI=1S/C14H15N3O3/c1-19-12-6-4-3-5-10(12)9-15-14(18)11-7-8-13(20-2)17-16-11/h3-8H,9H2,1-2H3,(H,15,18). The lowest BCUT2D eigenvalue weighted by atomic mass is 10.2. The minimum atomic E-state index is -0.300. The third-order valence-electron chi connectivity index (χ3n) is 2.71. The quantitative estimate of drug-likeness (QED) is 0.892. The van der Waals surface area contributed by atoms with Crippen molar-refractivity contribution < 1.29 is 14.3 Å². The van der Waals surface area contributed by atoms with Crippen LogP contribution < -0.4 is 14.8 Å². The first-order valence-corrected chi connectivity index (χ1v) is 6.02. The van der Waals surface area contributed by atoms with E-state index in [1.54, 1.807) is 19.2 Å². The van der Waals surface area contributed by atoms with Gasteiger partial charge in [-0.05, 0) is 12.1 Å². The van der Waals surface area contributed by atoms with Gasteiger partial charge in [-0.15, -0.1) is 10.2 Å². The zero-order valence-electron chi connectivity index (χ0n) is 11.3. The molecule has 1 heterocycles. The predicted molar refractivity (Wildman–Crippen MR) is 72.7 cm³/mol. The highest BCUT2D eigenvalue weighted by Crippen LogP contribution is 2.16. The van der Waals surface area contributed by atoms with Crippen LogP contribution in [0.2, 0.25) is 0 Å². The van der Waals surface area contributed by atoms with Gasteiger partial charge in [0.1, 0.15) is 5.75 Å². The van der Waals surface area contributed by atoms with Crippen molar-refractivity contribution in [2.45, 2.75) is 6.54 Å². The van der Waals surface area contributed by atoms with Crippen molar-refractivity contribution in [2.75, 3.05) is 14.2 Å². The average Bonchev–Trinajstić information content (AvgIpc) is 2.53. The number of carbonyl (C=O) groups excluding carboxylic acids is 1. The van der Waals surface area contributed by atoms with Gasteiger partial charge in [-0.3, -0.25) is 4.79 Å². The number of hydrogen-bond donors (Lipinski definition) is 1. The molecule has 0 fully saturated rings. The fourth-order valence-corrected chi connectivity index (χ4v) is 1.67. The van der Waals surface area contributed by atoms with E-state index in [1.165, 1.54) is 7.11 Å². The molecule has 0 spiro atoms. The number of benzene rings is 1. The summed E-state index contributed by atoms with van der Waals surface area (Å²) in [5, 5.41) is 10.3. The number of methoxy groups -OCH3 is 2. The van der Waals surface area contributed by atoms with Crippen LogP contribution in [0.1, 0.15) is 16.1 Å². The van der Waals surface area contributed by atoms with Gasteiger partial charge in [-0.2, -0.15) is 0 Å². The monoisotopic (exact) mass is 273 g/mol. The number of nitrogens with zero attached hydrogens (tertiary/aromatic N) is 2. The number of nitrogens with one attached hydrogen (secondary N) is 1. The lowest BCUT2D eigenvalue weighted by Gasteiger charge is -2.09. The van der Waals surface area contributed by atoms with Gasteiger partial charge >= 0.3 is 0 Å². The van der Waals surface area contributed by atoms with E-state index in [1.807, 2.05) is 24.3 Å². The molecule has 1 aromatic heterocycles. The Bertz CT molecular complexity index is 584. The molecule has 0 aliphatic heterocycles. The zero-order chi connectivity index (χ0) is 14.4. The van der Waals surface area contributed by atoms with E-state index in [9.17, 15) is 4.79 Å². The van der Waals surface area contributed by atoms with Gasteiger partial charge in [0.05, 0.1) is 14.2 Å². The van der Waals surface area contributed by atoms with Crippen LogP contribution in [-0.4, -0.2) is 30.3 Å². The summed E-state index contributed by atoms with van der Waals surface area (Å²) >= 11 is 0. The van der Waals surface area contributed by atoms with E-state index < -0.39 is 0 Å². The Kier molecular flexibility index (Phi) is 4.49. The van der Waals surface area contributed by atoms with E-state index in [-0.39, 0.29) is 11.6 Å². The maximum atomic E-state index is 11.9. The number of ether oxygens (including phenoxy) is 2. The van der Waals surface area contributed by atoms with Crippen LogP contribution in [0.15, 0.2) is 36.4 Å². The molecule has 0 aliphatic rings. The van der Waals surface area contributed by atoms with Crippen LogP contribution in [0.4, 0.5) is 0 Å². The molecule has 0 saturated carbocycles. The van der Waals surface area contributed by atoms with Crippen molar-refractivity contribution in [3.05, 3.63) is 47.7 Å². The molecule has 104 valence electrons. The molecule has 1 N–H and O–H groups in total.